The highest BCUT2D eigenvalue weighted by Gasteiger charge is 2.37. The zero-order valence-electron chi connectivity index (χ0n) is 18.9. The molecular formula is C23H31ClN4O3S. The van der Waals surface area contributed by atoms with Crippen LogP contribution in [0, 0.1) is 0 Å². The van der Waals surface area contributed by atoms with Crippen LogP contribution in [0.2, 0.25) is 0 Å². The van der Waals surface area contributed by atoms with Gasteiger partial charge in [0, 0.05) is 18.2 Å². The molecule has 3 N–H and O–H groups in total. The lowest BCUT2D eigenvalue weighted by Crippen LogP contribution is -2.43. The first-order valence-corrected chi connectivity index (χ1v) is 12.1. The second kappa shape index (κ2) is 12.1. The first-order chi connectivity index (χ1) is 15.2. The molecule has 0 aromatic heterocycles. The SMILES string of the molecule is CCCc1ccccc1N=C(C)CN/N=C(\C)OCC(=O)C1=CC(C)(S(N)=O)C(Cl)C=C1. The van der Waals surface area contributed by atoms with E-state index in [1.165, 1.54) is 5.56 Å². The summed E-state index contributed by atoms with van der Waals surface area (Å²) in [5.74, 6) is 0.0413. The van der Waals surface area contributed by atoms with Gasteiger partial charge >= 0.3 is 0 Å². The fraction of sp³-hybridized carbons (Fsp3) is 0.435. The van der Waals surface area contributed by atoms with Gasteiger partial charge in [-0.3, -0.25) is 14.9 Å². The molecule has 1 aliphatic carbocycles. The third-order valence-electron chi connectivity index (χ3n) is 5.00. The van der Waals surface area contributed by atoms with Crippen LogP contribution < -0.4 is 10.6 Å². The van der Waals surface area contributed by atoms with Crippen molar-refractivity contribution in [1.29, 1.82) is 0 Å². The molecule has 0 radical (unpaired) electrons. The van der Waals surface area contributed by atoms with Gasteiger partial charge in [-0.1, -0.05) is 49.8 Å². The Morgan fingerprint density at radius 2 is 2.06 bits per heavy atom. The number of ketones is 1. The van der Waals surface area contributed by atoms with E-state index in [4.69, 9.17) is 21.5 Å². The number of hydrogen-bond donors (Lipinski definition) is 2. The van der Waals surface area contributed by atoms with E-state index in [9.17, 15) is 9.00 Å². The number of alkyl halides is 1. The number of rotatable bonds is 10. The quantitative estimate of drug-likeness (QED) is 0.231. The van der Waals surface area contributed by atoms with E-state index < -0.39 is 21.1 Å². The Kier molecular flexibility index (Phi) is 9.81. The average molecular weight is 479 g/mol. The highest BCUT2D eigenvalue weighted by Crippen LogP contribution is 2.30. The third-order valence-corrected chi connectivity index (χ3v) is 6.96. The van der Waals surface area contributed by atoms with Crippen LogP contribution in [0.5, 0.6) is 0 Å². The van der Waals surface area contributed by atoms with Crippen LogP contribution in [0.25, 0.3) is 0 Å². The molecule has 1 aromatic carbocycles. The van der Waals surface area contributed by atoms with E-state index >= 15 is 0 Å². The first-order valence-electron chi connectivity index (χ1n) is 10.4. The van der Waals surface area contributed by atoms with Crippen molar-refractivity contribution in [1.82, 2.24) is 5.43 Å². The number of allylic oxidation sites excluding steroid dienone is 2. The number of ether oxygens (including phenoxy) is 1. The smallest absolute Gasteiger partial charge is 0.202 e. The lowest BCUT2D eigenvalue weighted by atomic mass is 9.94. The van der Waals surface area contributed by atoms with E-state index in [1.807, 2.05) is 25.1 Å². The first kappa shape index (κ1) is 26.0. The molecule has 0 aliphatic heterocycles. The van der Waals surface area contributed by atoms with Crippen molar-refractivity contribution in [2.75, 3.05) is 13.2 Å². The largest absolute Gasteiger partial charge is 0.472 e. The standard InChI is InChI=1S/C23H31ClN4O3S/c1-5-8-18-9-6-7-10-20(18)27-16(2)14-26-28-17(3)31-15-21(29)19-11-12-22(24)23(4,13-19)32(25)30/h6-7,9-13,22,26H,5,8,14-15,25H2,1-4H3/b27-16?,28-17+. The number of nitrogens with one attached hydrogen (secondary N) is 1. The number of nitrogens with two attached hydrogens (primary N) is 1. The molecule has 1 aliphatic rings. The van der Waals surface area contributed by atoms with Crippen LogP contribution in [0.1, 0.15) is 39.7 Å². The summed E-state index contributed by atoms with van der Waals surface area (Å²) in [7, 11) is -1.72. The number of Topliss-reactive ketones (excluding diaryl/α,β-unsaturated/α-hetero) is 1. The van der Waals surface area contributed by atoms with Gasteiger partial charge < -0.3 is 10.2 Å². The van der Waals surface area contributed by atoms with E-state index in [2.05, 4.69) is 28.5 Å². The Hall–Kier alpha value is -2.29. The van der Waals surface area contributed by atoms with Crippen LogP contribution >= 0.6 is 11.6 Å². The van der Waals surface area contributed by atoms with Crippen LogP contribution in [-0.2, 0) is 26.9 Å². The molecule has 0 saturated carbocycles. The topological polar surface area (TPSA) is 106 Å². The van der Waals surface area contributed by atoms with E-state index in [0.29, 0.717) is 18.0 Å². The van der Waals surface area contributed by atoms with Crippen LogP contribution in [-0.4, -0.2) is 44.9 Å². The van der Waals surface area contributed by atoms with E-state index in [-0.39, 0.29) is 12.4 Å². The normalized spacial score (nSPS) is 22.3. The van der Waals surface area contributed by atoms with Crippen molar-refractivity contribution >= 4 is 45.7 Å². The number of aliphatic imine (C=N–C) groups is 1. The lowest BCUT2D eigenvalue weighted by Gasteiger charge is -2.29. The van der Waals surface area contributed by atoms with Gasteiger partial charge in [0.2, 0.25) is 5.90 Å². The fourth-order valence-electron chi connectivity index (χ4n) is 3.05. The monoisotopic (exact) mass is 478 g/mol. The molecule has 0 bridgehead atoms. The molecule has 9 heteroatoms. The van der Waals surface area contributed by atoms with Gasteiger partial charge in [0.05, 0.1) is 22.4 Å². The maximum atomic E-state index is 12.5. The number of carbonyl (C=O) groups excluding carboxylic acids is 1. The van der Waals surface area contributed by atoms with Crippen LogP contribution in [0.3, 0.4) is 0 Å². The molecule has 1 aromatic rings. The maximum absolute atomic E-state index is 12.5. The van der Waals surface area contributed by atoms with Gasteiger partial charge in [0.1, 0.15) is 11.0 Å². The number of aryl methyl sites for hydroxylation is 1. The molecule has 0 heterocycles. The summed E-state index contributed by atoms with van der Waals surface area (Å²) < 4.78 is 16.3. The summed E-state index contributed by atoms with van der Waals surface area (Å²) in [5, 5.41) is 9.13. The molecule has 0 amide bonds. The highest BCUT2D eigenvalue weighted by molar-refractivity contribution is 7.84. The molecule has 174 valence electrons. The van der Waals surface area contributed by atoms with Crippen molar-refractivity contribution < 1.29 is 13.7 Å². The molecule has 7 nitrogen and oxygen atoms in total. The molecule has 0 saturated heterocycles. The predicted molar refractivity (Wildman–Crippen MR) is 133 cm³/mol. The molecule has 0 fully saturated rings. The molecule has 3 unspecified atom stereocenters. The maximum Gasteiger partial charge on any atom is 0.202 e. The molecule has 0 spiro atoms. The fourth-order valence-corrected chi connectivity index (χ4v) is 4.00. The summed E-state index contributed by atoms with van der Waals surface area (Å²) in [4.78, 5) is 17.1. The summed E-state index contributed by atoms with van der Waals surface area (Å²) >= 11 is 6.19. The van der Waals surface area contributed by atoms with Crippen molar-refractivity contribution in [2.24, 2.45) is 15.2 Å². The summed E-state index contributed by atoms with van der Waals surface area (Å²) in [5.41, 5.74) is 6.34. The van der Waals surface area contributed by atoms with Gasteiger partial charge in [-0.25, -0.2) is 4.21 Å². The third kappa shape index (κ3) is 7.12. The van der Waals surface area contributed by atoms with Crippen LogP contribution in [0.4, 0.5) is 5.69 Å². The minimum atomic E-state index is -1.72. The summed E-state index contributed by atoms with van der Waals surface area (Å²) in [6.45, 7) is 7.62. The number of benzene rings is 1. The number of hydrogen-bond acceptors (Lipinski definition) is 6. The summed E-state index contributed by atoms with van der Waals surface area (Å²) in [6, 6.07) is 8.09. The number of hydrazone groups is 1. The van der Waals surface area contributed by atoms with Gasteiger partial charge in [-0.05, 0) is 31.9 Å². The number of carbonyl (C=O) groups is 1. The Balaban J connectivity index is 1.89. The molecule has 32 heavy (non-hydrogen) atoms. The average Bonchev–Trinajstić information content (AvgIpc) is 2.75. The second-order valence-corrected chi connectivity index (χ2v) is 9.69. The molecule has 3 atom stereocenters. The van der Waals surface area contributed by atoms with Gasteiger partial charge in [0.15, 0.2) is 12.4 Å². The minimum absolute atomic E-state index is 0.203. The molecule has 2 rings (SSSR count). The van der Waals surface area contributed by atoms with E-state index in [1.54, 1.807) is 32.1 Å². The van der Waals surface area contributed by atoms with Crippen molar-refractivity contribution in [3.8, 4) is 0 Å². The van der Waals surface area contributed by atoms with Gasteiger partial charge in [0.25, 0.3) is 0 Å². The zero-order valence-corrected chi connectivity index (χ0v) is 20.5. The Bertz CT molecular complexity index is 974. The number of nitrogens with zero attached hydrogens (tertiary/aromatic N) is 2. The van der Waals surface area contributed by atoms with Gasteiger partial charge in [-0.15, -0.1) is 16.7 Å². The van der Waals surface area contributed by atoms with Crippen molar-refractivity contribution in [3.05, 3.63) is 53.6 Å². The van der Waals surface area contributed by atoms with Crippen molar-refractivity contribution in [2.45, 2.75) is 50.7 Å². The number of halogens is 1. The predicted octanol–water partition coefficient (Wildman–Crippen LogP) is 3.72. The minimum Gasteiger partial charge on any atom is -0.472 e. The van der Waals surface area contributed by atoms with Crippen molar-refractivity contribution in [3.63, 3.8) is 0 Å². The van der Waals surface area contributed by atoms with Gasteiger partial charge in [-0.2, -0.15) is 0 Å². The molecular weight excluding hydrogens is 448 g/mol. The lowest BCUT2D eigenvalue weighted by molar-refractivity contribution is -0.117. The number of para-hydroxylation sites is 1. The Morgan fingerprint density at radius 1 is 1.34 bits per heavy atom. The van der Waals surface area contributed by atoms with E-state index in [0.717, 1.165) is 24.2 Å². The zero-order chi connectivity index (χ0) is 23.7. The van der Waals surface area contributed by atoms with Crippen LogP contribution in [0.15, 0.2) is 58.2 Å². The second-order valence-electron chi connectivity index (χ2n) is 7.75. The summed E-state index contributed by atoms with van der Waals surface area (Å²) in [6.07, 6.45) is 6.80. The highest BCUT2D eigenvalue weighted by atomic mass is 35.5. The Labute approximate surface area is 197 Å². The Morgan fingerprint density at radius 3 is 2.75 bits per heavy atom.